The lowest BCUT2D eigenvalue weighted by atomic mass is 10.2. The molecule has 0 fully saturated rings. The molecule has 0 aliphatic heterocycles. The molecule has 18 heavy (non-hydrogen) atoms. The van der Waals surface area contributed by atoms with Crippen LogP contribution in [-0.4, -0.2) is 36.0 Å². The summed E-state index contributed by atoms with van der Waals surface area (Å²) >= 11 is 0. The van der Waals surface area contributed by atoms with Gasteiger partial charge in [-0.1, -0.05) is 20.8 Å². The molecule has 1 heterocycles. The summed E-state index contributed by atoms with van der Waals surface area (Å²) in [6, 6.07) is 0. The van der Waals surface area contributed by atoms with Gasteiger partial charge in [0.15, 0.2) is 0 Å². The molecule has 0 amide bonds. The van der Waals surface area contributed by atoms with Crippen LogP contribution in [0, 0.1) is 12.8 Å². The molecule has 0 bridgehead atoms. The Morgan fingerprint density at radius 1 is 1.44 bits per heavy atom. The highest BCUT2D eigenvalue weighted by Gasteiger charge is 2.29. The Morgan fingerprint density at radius 3 is 2.50 bits per heavy atom. The number of hydrogen-bond acceptors (Lipinski definition) is 4. The summed E-state index contributed by atoms with van der Waals surface area (Å²) in [6.07, 6.45) is 0. The fourth-order valence-corrected chi connectivity index (χ4v) is 3.84. The molecular formula is C11H22N4O2S. The molecule has 1 aromatic heterocycles. The van der Waals surface area contributed by atoms with E-state index < -0.39 is 10.0 Å². The molecule has 0 saturated heterocycles. The van der Waals surface area contributed by atoms with Crippen molar-refractivity contribution in [3.05, 3.63) is 11.4 Å². The normalized spacial score (nSPS) is 12.6. The van der Waals surface area contributed by atoms with E-state index >= 15 is 0 Å². The highest BCUT2D eigenvalue weighted by atomic mass is 32.2. The lowest BCUT2D eigenvalue weighted by Gasteiger charge is -2.22. The van der Waals surface area contributed by atoms with Crippen LogP contribution in [0.4, 0.5) is 0 Å². The van der Waals surface area contributed by atoms with E-state index in [4.69, 9.17) is 5.73 Å². The molecule has 1 rings (SSSR count). The lowest BCUT2D eigenvalue weighted by Crippen LogP contribution is -2.34. The van der Waals surface area contributed by atoms with Crippen molar-refractivity contribution in [3.8, 4) is 0 Å². The average molecular weight is 274 g/mol. The maximum atomic E-state index is 12.6. The van der Waals surface area contributed by atoms with Crippen LogP contribution in [0.1, 0.15) is 32.2 Å². The smallest absolute Gasteiger partial charge is 0.246 e. The van der Waals surface area contributed by atoms with Gasteiger partial charge in [-0.15, -0.1) is 0 Å². The predicted molar refractivity (Wildman–Crippen MR) is 70.5 cm³/mol. The number of rotatable bonds is 6. The van der Waals surface area contributed by atoms with E-state index in [1.54, 1.807) is 6.92 Å². The van der Waals surface area contributed by atoms with E-state index in [0.717, 1.165) is 0 Å². The predicted octanol–water partition coefficient (Wildman–Crippen LogP) is 0.843. The Hall–Kier alpha value is -0.920. The minimum absolute atomic E-state index is 0.109. The van der Waals surface area contributed by atoms with Crippen LogP contribution in [0.25, 0.3) is 0 Å². The van der Waals surface area contributed by atoms with Crippen LogP contribution in [0.3, 0.4) is 0 Å². The third-order valence-electron chi connectivity index (χ3n) is 2.67. The van der Waals surface area contributed by atoms with Crippen molar-refractivity contribution < 1.29 is 8.42 Å². The molecule has 3 N–H and O–H groups in total. The van der Waals surface area contributed by atoms with Crippen molar-refractivity contribution in [2.45, 2.75) is 39.1 Å². The van der Waals surface area contributed by atoms with E-state index in [1.807, 2.05) is 20.8 Å². The minimum atomic E-state index is -3.52. The standard InChI is InChI=1S/C11H22N4O2S/c1-5-15(7-8(2)3)18(16,17)11-9(4)13-14-10(11)6-12/h8H,5-7,12H2,1-4H3,(H,13,14). The van der Waals surface area contributed by atoms with E-state index in [9.17, 15) is 8.42 Å². The van der Waals surface area contributed by atoms with Gasteiger partial charge in [-0.25, -0.2) is 8.42 Å². The molecule has 7 heteroatoms. The van der Waals surface area contributed by atoms with Gasteiger partial charge in [-0.05, 0) is 12.8 Å². The quantitative estimate of drug-likeness (QED) is 0.804. The average Bonchev–Trinajstić information content (AvgIpc) is 2.67. The van der Waals surface area contributed by atoms with E-state index in [0.29, 0.717) is 24.5 Å². The van der Waals surface area contributed by atoms with Crippen molar-refractivity contribution in [1.29, 1.82) is 0 Å². The summed E-state index contributed by atoms with van der Waals surface area (Å²) < 4.78 is 26.6. The molecule has 0 radical (unpaired) electrons. The maximum Gasteiger partial charge on any atom is 0.246 e. The van der Waals surface area contributed by atoms with Gasteiger partial charge in [0, 0.05) is 19.6 Å². The molecule has 0 aromatic carbocycles. The summed E-state index contributed by atoms with van der Waals surface area (Å²) in [5, 5.41) is 6.63. The number of aryl methyl sites for hydroxylation is 1. The first-order chi connectivity index (χ1) is 8.34. The number of aromatic nitrogens is 2. The van der Waals surface area contributed by atoms with Gasteiger partial charge in [0.25, 0.3) is 0 Å². The van der Waals surface area contributed by atoms with E-state index in [2.05, 4.69) is 10.2 Å². The van der Waals surface area contributed by atoms with Crippen LogP contribution >= 0.6 is 0 Å². The first-order valence-electron chi connectivity index (χ1n) is 6.08. The Bertz CT molecular complexity index is 493. The number of sulfonamides is 1. The van der Waals surface area contributed by atoms with E-state index in [1.165, 1.54) is 4.31 Å². The van der Waals surface area contributed by atoms with Crippen molar-refractivity contribution in [2.24, 2.45) is 11.7 Å². The Kier molecular flexibility index (Phi) is 4.89. The molecule has 0 aliphatic carbocycles. The molecule has 1 aromatic rings. The van der Waals surface area contributed by atoms with Crippen LogP contribution in [-0.2, 0) is 16.6 Å². The molecule has 0 atom stereocenters. The summed E-state index contributed by atoms with van der Waals surface area (Å²) in [6.45, 7) is 8.55. The lowest BCUT2D eigenvalue weighted by molar-refractivity contribution is 0.380. The van der Waals surface area contributed by atoms with Gasteiger partial charge in [0.1, 0.15) is 4.90 Å². The van der Waals surface area contributed by atoms with Gasteiger partial charge in [0.2, 0.25) is 10.0 Å². The fourth-order valence-electron chi connectivity index (χ4n) is 1.88. The zero-order valence-electron chi connectivity index (χ0n) is 11.4. The molecule has 0 aliphatic rings. The van der Waals surface area contributed by atoms with Crippen LogP contribution in [0.15, 0.2) is 4.90 Å². The number of nitrogens with two attached hydrogens (primary N) is 1. The SMILES string of the molecule is CCN(CC(C)C)S(=O)(=O)c1c(CN)n[nH]c1C. The van der Waals surface area contributed by atoms with Crippen LogP contribution < -0.4 is 5.73 Å². The Labute approximate surface area is 109 Å². The second kappa shape index (κ2) is 5.81. The Morgan fingerprint density at radius 2 is 2.06 bits per heavy atom. The van der Waals surface area contributed by atoms with Crippen LogP contribution in [0.5, 0.6) is 0 Å². The third kappa shape index (κ3) is 2.90. The van der Waals surface area contributed by atoms with Crippen LogP contribution in [0.2, 0.25) is 0 Å². The highest BCUT2D eigenvalue weighted by Crippen LogP contribution is 2.22. The number of H-pyrrole nitrogens is 1. The van der Waals surface area contributed by atoms with Gasteiger partial charge >= 0.3 is 0 Å². The van der Waals surface area contributed by atoms with Gasteiger partial charge < -0.3 is 5.73 Å². The monoisotopic (exact) mass is 274 g/mol. The highest BCUT2D eigenvalue weighted by molar-refractivity contribution is 7.89. The van der Waals surface area contributed by atoms with Crippen molar-refractivity contribution >= 4 is 10.0 Å². The van der Waals surface area contributed by atoms with Crippen molar-refractivity contribution in [3.63, 3.8) is 0 Å². The summed E-state index contributed by atoms with van der Waals surface area (Å²) in [4.78, 5) is 0.229. The zero-order chi connectivity index (χ0) is 13.9. The van der Waals surface area contributed by atoms with E-state index in [-0.39, 0.29) is 17.4 Å². The first-order valence-corrected chi connectivity index (χ1v) is 7.52. The molecule has 0 unspecified atom stereocenters. The third-order valence-corrected chi connectivity index (χ3v) is 4.82. The molecule has 0 saturated carbocycles. The maximum absolute atomic E-state index is 12.6. The second-order valence-electron chi connectivity index (χ2n) is 4.68. The molecule has 0 spiro atoms. The minimum Gasteiger partial charge on any atom is -0.325 e. The number of aromatic amines is 1. The molecule has 6 nitrogen and oxygen atoms in total. The first kappa shape index (κ1) is 15.1. The number of nitrogens with one attached hydrogen (secondary N) is 1. The topological polar surface area (TPSA) is 92.1 Å². The van der Waals surface area contributed by atoms with Crippen molar-refractivity contribution in [1.82, 2.24) is 14.5 Å². The number of nitrogens with zero attached hydrogens (tertiary/aromatic N) is 2. The summed E-state index contributed by atoms with van der Waals surface area (Å²) in [5.41, 5.74) is 6.48. The number of hydrogen-bond donors (Lipinski definition) is 2. The fraction of sp³-hybridized carbons (Fsp3) is 0.727. The van der Waals surface area contributed by atoms with Gasteiger partial charge in [0.05, 0.1) is 11.4 Å². The largest absolute Gasteiger partial charge is 0.325 e. The Balaban J connectivity index is 3.22. The molecule has 104 valence electrons. The molecular weight excluding hydrogens is 252 g/mol. The summed E-state index contributed by atoms with van der Waals surface area (Å²) in [5.74, 6) is 0.272. The second-order valence-corrected chi connectivity index (χ2v) is 6.55. The van der Waals surface area contributed by atoms with Crippen molar-refractivity contribution in [2.75, 3.05) is 13.1 Å². The van der Waals surface area contributed by atoms with Gasteiger partial charge in [-0.3, -0.25) is 5.10 Å². The zero-order valence-corrected chi connectivity index (χ0v) is 12.2. The van der Waals surface area contributed by atoms with Gasteiger partial charge in [-0.2, -0.15) is 9.40 Å². The summed E-state index contributed by atoms with van der Waals surface area (Å²) in [7, 11) is -3.52.